The lowest BCUT2D eigenvalue weighted by Gasteiger charge is -2.27. The van der Waals surface area contributed by atoms with Crippen molar-refractivity contribution in [3.8, 4) is 17.0 Å². The first kappa shape index (κ1) is 20.9. The van der Waals surface area contributed by atoms with Gasteiger partial charge >= 0.3 is 0 Å². The minimum atomic E-state index is -0.0350. The number of nitrogens with zero attached hydrogens (tertiary/aromatic N) is 3. The molecule has 3 heterocycles. The fraction of sp³-hybridized carbons (Fsp3) is 0.391. The van der Waals surface area contributed by atoms with E-state index < -0.39 is 0 Å². The summed E-state index contributed by atoms with van der Waals surface area (Å²) >= 11 is 0. The molecule has 1 fully saturated rings. The zero-order valence-corrected chi connectivity index (χ0v) is 17.5. The predicted molar refractivity (Wildman–Crippen MR) is 115 cm³/mol. The highest BCUT2D eigenvalue weighted by Gasteiger charge is 2.28. The molecule has 3 aromatic rings. The van der Waals surface area contributed by atoms with Crippen LogP contribution < -0.4 is 5.32 Å². The molecule has 6 nitrogen and oxygen atoms in total. The topological polar surface area (TPSA) is 63.3 Å². The number of carbonyl (C=O) groups excluding carboxylic acids is 1. The summed E-state index contributed by atoms with van der Waals surface area (Å²) in [5.74, 6) is 1.01. The average molecular weight is 395 g/mol. The van der Waals surface area contributed by atoms with E-state index in [1.54, 1.807) is 16.9 Å². The van der Waals surface area contributed by atoms with Crippen LogP contribution in [0.5, 0.6) is 0 Å². The maximum atomic E-state index is 13.0. The summed E-state index contributed by atoms with van der Waals surface area (Å²) in [4.78, 5) is 14.9. The van der Waals surface area contributed by atoms with E-state index in [0.29, 0.717) is 11.5 Å². The fourth-order valence-electron chi connectivity index (χ4n) is 3.52. The van der Waals surface area contributed by atoms with Crippen molar-refractivity contribution in [2.45, 2.75) is 39.7 Å². The monoisotopic (exact) mass is 394 g/mol. The zero-order valence-electron chi connectivity index (χ0n) is 17.5. The van der Waals surface area contributed by atoms with E-state index in [9.17, 15) is 4.79 Å². The maximum absolute atomic E-state index is 13.0. The molecule has 2 aromatic heterocycles. The fourth-order valence-corrected chi connectivity index (χ4v) is 3.52. The summed E-state index contributed by atoms with van der Waals surface area (Å²) in [5, 5.41) is 7.73. The highest BCUT2D eigenvalue weighted by Crippen LogP contribution is 2.24. The Labute approximate surface area is 172 Å². The third-order valence-electron chi connectivity index (χ3n) is 4.91. The van der Waals surface area contributed by atoms with Gasteiger partial charge in [-0.25, -0.2) is 4.68 Å². The lowest BCUT2D eigenvalue weighted by atomic mass is 10.2. The van der Waals surface area contributed by atoms with Gasteiger partial charge in [0.1, 0.15) is 5.76 Å². The number of nitrogens with one attached hydrogen (secondary N) is 1. The molecule has 1 aromatic carbocycles. The van der Waals surface area contributed by atoms with Crippen molar-refractivity contribution in [3.05, 3.63) is 60.6 Å². The van der Waals surface area contributed by atoms with Gasteiger partial charge in [-0.15, -0.1) is 0 Å². The number of benzene rings is 1. The van der Waals surface area contributed by atoms with Crippen LogP contribution in [0.2, 0.25) is 0 Å². The molecule has 1 unspecified atom stereocenters. The van der Waals surface area contributed by atoms with Gasteiger partial charge in [-0.3, -0.25) is 4.79 Å². The summed E-state index contributed by atoms with van der Waals surface area (Å²) in [6, 6.07) is 13.8. The van der Waals surface area contributed by atoms with Crippen LogP contribution in [0.25, 0.3) is 17.0 Å². The molecule has 1 saturated heterocycles. The van der Waals surface area contributed by atoms with Crippen molar-refractivity contribution in [1.82, 2.24) is 20.0 Å². The van der Waals surface area contributed by atoms with Gasteiger partial charge in [-0.1, -0.05) is 39.0 Å². The van der Waals surface area contributed by atoms with Crippen LogP contribution in [-0.4, -0.2) is 46.3 Å². The predicted octanol–water partition coefficient (Wildman–Crippen LogP) is 4.37. The Kier molecular flexibility index (Phi) is 7.25. The molecule has 0 spiro atoms. The average Bonchev–Trinajstić information content (AvgIpc) is 3.54. The van der Waals surface area contributed by atoms with E-state index in [-0.39, 0.29) is 11.9 Å². The van der Waals surface area contributed by atoms with Crippen LogP contribution in [-0.2, 0) is 0 Å². The van der Waals surface area contributed by atoms with Crippen LogP contribution in [0.3, 0.4) is 0 Å². The summed E-state index contributed by atoms with van der Waals surface area (Å²) in [7, 11) is 0. The molecule has 0 saturated carbocycles. The van der Waals surface area contributed by atoms with Gasteiger partial charge < -0.3 is 14.6 Å². The van der Waals surface area contributed by atoms with Crippen molar-refractivity contribution in [3.63, 3.8) is 0 Å². The first-order valence-electron chi connectivity index (χ1n) is 10.5. The highest BCUT2D eigenvalue weighted by atomic mass is 16.4. The number of carbonyl (C=O) groups is 1. The zero-order chi connectivity index (χ0) is 20.6. The molecular weight excluding hydrogens is 364 g/mol. The maximum Gasteiger partial charge on any atom is 0.289 e. The Balaban J connectivity index is 0.00000117. The normalized spacial score (nSPS) is 15.6. The summed E-state index contributed by atoms with van der Waals surface area (Å²) in [6.07, 6.45) is 5.58. The number of hydrogen-bond acceptors (Lipinski definition) is 4. The minimum absolute atomic E-state index is 0.0350. The van der Waals surface area contributed by atoms with Gasteiger partial charge in [0.05, 0.1) is 17.4 Å². The molecule has 1 aliphatic rings. The van der Waals surface area contributed by atoms with Crippen LogP contribution in [0.1, 0.15) is 44.2 Å². The van der Waals surface area contributed by atoms with Crippen molar-refractivity contribution in [1.29, 1.82) is 0 Å². The molecular formula is C23H30N4O2. The minimum Gasteiger partial charge on any atom is -0.451 e. The smallest absolute Gasteiger partial charge is 0.289 e. The standard InChI is InChI=1S/C21H24N4O2.C2H6/c1-2-12-24(18-10-11-22-14-18)21(26)20-9-8-19(27-20)16-13-23-25(15-16)17-6-4-3-5-7-17;1-2/h3-9,13,15,18,22H,2,10-12,14H2,1H3;1-2H3. The van der Waals surface area contributed by atoms with Gasteiger partial charge in [-0.05, 0) is 43.7 Å². The third kappa shape index (κ3) is 4.77. The SMILES string of the molecule is CC.CCCN(C(=O)c1ccc(-c2cnn(-c3ccccc3)c2)o1)C1CCNC1. The number of para-hydroxylation sites is 1. The Morgan fingerprint density at radius 1 is 1.24 bits per heavy atom. The lowest BCUT2D eigenvalue weighted by Crippen LogP contribution is -2.41. The molecule has 154 valence electrons. The van der Waals surface area contributed by atoms with Gasteiger partial charge in [0.2, 0.25) is 0 Å². The summed E-state index contributed by atoms with van der Waals surface area (Å²) in [6.45, 7) is 8.64. The molecule has 1 aliphatic heterocycles. The van der Waals surface area contributed by atoms with Crippen molar-refractivity contribution in [2.24, 2.45) is 0 Å². The number of rotatable bonds is 6. The Bertz CT molecular complexity index is 895. The second kappa shape index (κ2) is 10.1. The molecule has 29 heavy (non-hydrogen) atoms. The van der Waals surface area contributed by atoms with Gasteiger partial charge in [0, 0.05) is 25.3 Å². The summed E-state index contributed by atoms with van der Waals surface area (Å²) < 4.78 is 7.70. The van der Waals surface area contributed by atoms with E-state index in [0.717, 1.165) is 43.7 Å². The van der Waals surface area contributed by atoms with E-state index in [4.69, 9.17) is 4.42 Å². The highest BCUT2D eigenvalue weighted by molar-refractivity contribution is 5.92. The van der Waals surface area contributed by atoms with Crippen LogP contribution in [0, 0.1) is 0 Å². The van der Waals surface area contributed by atoms with Crippen LogP contribution in [0.15, 0.2) is 59.3 Å². The first-order valence-corrected chi connectivity index (χ1v) is 10.5. The lowest BCUT2D eigenvalue weighted by molar-refractivity contribution is 0.0660. The molecule has 1 N–H and O–H groups in total. The van der Waals surface area contributed by atoms with Gasteiger partial charge in [-0.2, -0.15) is 5.10 Å². The van der Waals surface area contributed by atoms with Crippen molar-refractivity contribution >= 4 is 5.91 Å². The Hall–Kier alpha value is -2.86. The molecule has 0 aliphatic carbocycles. The molecule has 6 heteroatoms. The molecule has 0 bridgehead atoms. The molecule has 4 rings (SSSR count). The Morgan fingerprint density at radius 3 is 2.72 bits per heavy atom. The van der Waals surface area contributed by atoms with Gasteiger partial charge in [0.25, 0.3) is 5.91 Å². The van der Waals surface area contributed by atoms with E-state index >= 15 is 0 Å². The Morgan fingerprint density at radius 2 is 2.03 bits per heavy atom. The second-order valence-electron chi connectivity index (χ2n) is 6.82. The first-order chi connectivity index (χ1) is 14.3. The molecule has 1 amide bonds. The van der Waals surface area contributed by atoms with Crippen molar-refractivity contribution < 1.29 is 9.21 Å². The number of aromatic nitrogens is 2. The van der Waals surface area contributed by atoms with E-state index in [1.807, 2.05) is 61.3 Å². The number of hydrogen-bond donors (Lipinski definition) is 1. The van der Waals surface area contributed by atoms with Crippen LogP contribution in [0.4, 0.5) is 0 Å². The van der Waals surface area contributed by atoms with E-state index in [1.165, 1.54) is 0 Å². The largest absolute Gasteiger partial charge is 0.451 e. The number of furan rings is 1. The summed E-state index contributed by atoms with van der Waals surface area (Å²) in [5.41, 5.74) is 1.83. The van der Waals surface area contributed by atoms with Crippen molar-refractivity contribution in [2.75, 3.05) is 19.6 Å². The van der Waals surface area contributed by atoms with Crippen LogP contribution >= 0.6 is 0 Å². The second-order valence-corrected chi connectivity index (χ2v) is 6.82. The number of amides is 1. The molecule has 1 atom stereocenters. The quantitative estimate of drug-likeness (QED) is 0.674. The van der Waals surface area contributed by atoms with Gasteiger partial charge in [0.15, 0.2) is 5.76 Å². The van der Waals surface area contributed by atoms with E-state index in [2.05, 4.69) is 17.3 Å². The molecule has 0 radical (unpaired) electrons. The third-order valence-corrected chi connectivity index (χ3v) is 4.91.